The zero-order valence-corrected chi connectivity index (χ0v) is 17.0. The quantitative estimate of drug-likeness (QED) is 0.337. The zero-order valence-electron chi connectivity index (χ0n) is 15.4. The van der Waals surface area contributed by atoms with Crippen molar-refractivity contribution in [1.29, 1.82) is 0 Å². The summed E-state index contributed by atoms with van der Waals surface area (Å²) >= 11 is 3.43. The van der Waals surface area contributed by atoms with Crippen LogP contribution in [0.5, 0.6) is 0 Å². The van der Waals surface area contributed by atoms with E-state index in [9.17, 15) is 4.79 Å². The Bertz CT molecular complexity index is 986. The number of thiophene rings is 1. The first-order chi connectivity index (χ1) is 12.7. The molecule has 0 spiro atoms. The molecule has 3 aromatic rings. The fourth-order valence-electron chi connectivity index (χ4n) is 3.57. The third kappa shape index (κ3) is 3.23. The number of aromatic nitrogens is 2. The Hall–Kier alpha value is -1.59. The molecular formula is C21H24N2OS2. The van der Waals surface area contributed by atoms with Crippen molar-refractivity contribution in [3.8, 4) is 5.69 Å². The number of aryl methyl sites for hydroxylation is 3. The van der Waals surface area contributed by atoms with Crippen LogP contribution in [0.1, 0.15) is 48.6 Å². The van der Waals surface area contributed by atoms with Crippen molar-refractivity contribution < 1.29 is 0 Å². The fourth-order valence-corrected chi connectivity index (χ4v) is 5.74. The number of nitrogens with zero attached hydrogens (tertiary/aromatic N) is 2. The lowest BCUT2D eigenvalue weighted by Crippen LogP contribution is -2.22. The van der Waals surface area contributed by atoms with Gasteiger partial charge >= 0.3 is 0 Å². The molecular weight excluding hydrogens is 360 g/mol. The van der Waals surface area contributed by atoms with Crippen LogP contribution in [-0.2, 0) is 12.8 Å². The molecule has 1 aliphatic rings. The Morgan fingerprint density at radius 2 is 1.92 bits per heavy atom. The van der Waals surface area contributed by atoms with Crippen LogP contribution < -0.4 is 5.56 Å². The van der Waals surface area contributed by atoms with Gasteiger partial charge in [-0.05, 0) is 56.7 Å². The summed E-state index contributed by atoms with van der Waals surface area (Å²) in [6.07, 6.45) is 6.83. The van der Waals surface area contributed by atoms with Crippen LogP contribution in [0.3, 0.4) is 0 Å². The summed E-state index contributed by atoms with van der Waals surface area (Å²) in [5.41, 5.74) is 3.50. The smallest absolute Gasteiger partial charge is 0.267 e. The minimum absolute atomic E-state index is 0.108. The molecule has 26 heavy (non-hydrogen) atoms. The van der Waals surface area contributed by atoms with E-state index in [1.165, 1.54) is 35.3 Å². The number of hydrogen-bond donors (Lipinski definition) is 0. The van der Waals surface area contributed by atoms with Crippen LogP contribution in [0.4, 0.5) is 0 Å². The van der Waals surface area contributed by atoms with Crippen LogP contribution in [0.25, 0.3) is 15.9 Å². The second-order valence-corrected chi connectivity index (χ2v) is 9.11. The first-order valence-corrected chi connectivity index (χ1v) is 11.3. The van der Waals surface area contributed by atoms with E-state index in [0.717, 1.165) is 46.1 Å². The highest BCUT2D eigenvalue weighted by molar-refractivity contribution is 7.99. The van der Waals surface area contributed by atoms with E-state index >= 15 is 0 Å². The highest BCUT2D eigenvalue weighted by Gasteiger charge is 2.22. The van der Waals surface area contributed by atoms with Crippen LogP contribution in [0.15, 0.2) is 34.2 Å². The SMILES string of the molecule is CCCSc1nc2sc3c(c2c(=O)n1-c1ccc(C)cc1)CCCCC3. The monoisotopic (exact) mass is 384 g/mol. The molecule has 0 unspecified atom stereocenters. The van der Waals surface area contributed by atoms with Gasteiger partial charge in [0.15, 0.2) is 5.16 Å². The summed E-state index contributed by atoms with van der Waals surface area (Å²) in [4.78, 5) is 20.8. The lowest BCUT2D eigenvalue weighted by atomic mass is 10.1. The van der Waals surface area contributed by atoms with Crippen LogP contribution in [0, 0.1) is 6.92 Å². The van der Waals surface area contributed by atoms with Gasteiger partial charge in [0.05, 0.1) is 11.1 Å². The number of hydrogen-bond acceptors (Lipinski definition) is 4. The molecule has 0 amide bonds. The van der Waals surface area contributed by atoms with Crippen LogP contribution >= 0.6 is 23.1 Å². The van der Waals surface area contributed by atoms with Gasteiger partial charge in [0.2, 0.25) is 0 Å². The van der Waals surface area contributed by atoms with Crippen molar-refractivity contribution in [3.05, 3.63) is 50.6 Å². The minimum atomic E-state index is 0.108. The Morgan fingerprint density at radius 3 is 2.69 bits per heavy atom. The molecule has 3 nitrogen and oxygen atoms in total. The summed E-state index contributed by atoms with van der Waals surface area (Å²) in [5.74, 6) is 0.967. The maximum atomic E-state index is 13.6. The maximum Gasteiger partial charge on any atom is 0.267 e. The van der Waals surface area contributed by atoms with E-state index in [-0.39, 0.29) is 5.56 Å². The molecule has 1 aliphatic carbocycles. The van der Waals surface area contributed by atoms with E-state index in [4.69, 9.17) is 4.98 Å². The van der Waals surface area contributed by atoms with Crippen molar-refractivity contribution in [3.63, 3.8) is 0 Å². The van der Waals surface area contributed by atoms with E-state index in [0.29, 0.717) is 0 Å². The van der Waals surface area contributed by atoms with Gasteiger partial charge in [0.1, 0.15) is 4.83 Å². The second kappa shape index (κ2) is 7.57. The fraction of sp³-hybridized carbons (Fsp3) is 0.429. The average molecular weight is 385 g/mol. The van der Waals surface area contributed by atoms with Gasteiger partial charge < -0.3 is 0 Å². The maximum absolute atomic E-state index is 13.6. The van der Waals surface area contributed by atoms with E-state index < -0.39 is 0 Å². The van der Waals surface area contributed by atoms with Gasteiger partial charge in [-0.25, -0.2) is 4.98 Å². The molecule has 0 fully saturated rings. The van der Waals surface area contributed by atoms with Crippen molar-refractivity contribution in [2.45, 2.75) is 57.5 Å². The molecule has 2 heterocycles. The lowest BCUT2D eigenvalue weighted by molar-refractivity contribution is 0.713. The van der Waals surface area contributed by atoms with Gasteiger partial charge in [0, 0.05) is 10.6 Å². The number of rotatable bonds is 4. The third-order valence-corrected chi connectivity index (χ3v) is 7.27. The highest BCUT2D eigenvalue weighted by Crippen LogP contribution is 2.34. The summed E-state index contributed by atoms with van der Waals surface area (Å²) in [7, 11) is 0. The number of thioether (sulfide) groups is 1. The topological polar surface area (TPSA) is 34.9 Å². The molecule has 0 radical (unpaired) electrons. The molecule has 4 rings (SSSR count). The number of fused-ring (bicyclic) bond motifs is 3. The average Bonchev–Trinajstić information content (AvgIpc) is 2.82. The first-order valence-electron chi connectivity index (χ1n) is 9.46. The Balaban J connectivity index is 1.97. The summed E-state index contributed by atoms with van der Waals surface area (Å²) in [6, 6.07) is 8.19. The van der Waals surface area contributed by atoms with Gasteiger partial charge in [-0.1, -0.05) is 42.8 Å². The number of benzene rings is 1. The first kappa shape index (κ1) is 17.8. The highest BCUT2D eigenvalue weighted by atomic mass is 32.2. The summed E-state index contributed by atoms with van der Waals surface area (Å²) in [5, 5.41) is 1.69. The van der Waals surface area contributed by atoms with Gasteiger partial charge in [-0.3, -0.25) is 9.36 Å². The van der Waals surface area contributed by atoms with Gasteiger partial charge in [-0.15, -0.1) is 11.3 Å². The summed E-state index contributed by atoms with van der Waals surface area (Å²) in [6.45, 7) is 4.23. The molecule has 0 bridgehead atoms. The van der Waals surface area contributed by atoms with Crippen LogP contribution in [0.2, 0.25) is 0 Å². The molecule has 0 saturated carbocycles. The standard InChI is InChI=1S/C21H24N2OS2/c1-3-13-25-21-22-19-18(16-7-5-4-6-8-17(16)26-19)20(24)23(21)15-11-9-14(2)10-12-15/h9-12H,3-8,13H2,1-2H3. The van der Waals surface area contributed by atoms with E-state index in [2.05, 4.69) is 26.0 Å². The normalized spacial score (nSPS) is 14.4. The van der Waals surface area contributed by atoms with Crippen molar-refractivity contribution in [1.82, 2.24) is 9.55 Å². The van der Waals surface area contributed by atoms with Crippen molar-refractivity contribution >= 4 is 33.3 Å². The Morgan fingerprint density at radius 1 is 1.15 bits per heavy atom. The van der Waals surface area contributed by atoms with Gasteiger partial charge in [-0.2, -0.15) is 0 Å². The zero-order chi connectivity index (χ0) is 18.1. The largest absolute Gasteiger partial charge is 0.268 e. The summed E-state index contributed by atoms with van der Waals surface area (Å²) < 4.78 is 1.83. The van der Waals surface area contributed by atoms with Crippen LogP contribution in [-0.4, -0.2) is 15.3 Å². The van der Waals surface area contributed by atoms with Crippen molar-refractivity contribution in [2.24, 2.45) is 0 Å². The molecule has 0 atom stereocenters. The molecule has 136 valence electrons. The lowest BCUT2D eigenvalue weighted by Gasteiger charge is -2.12. The molecule has 5 heteroatoms. The molecule has 2 aromatic heterocycles. The van der Waals surface area contributed by atoms with Gasteiger partial charge in [0.25, 0.3) is 5.56 Å². The Labute approximate surface area is 162 Å². The predicted molar refractivity (Wildman–Crippen MR) is 112 cm³/mol. The molecule has 0 aliphatic heterocycles. The van der Waals surface area contributed by atoms with E-state index in [1.807, 2.05) is 16.7 Å². The molecule has 0 saturated heterocycles. The minimum Gasteiger partial charge on any atom is -0.268 e. The second-order valence-electron chi connectivity index (χ2n) is 6.96. The molecule has 1 aromatic carbocycles. The Kier molecular flexibility index (Phi) is 5.18. The third-order valence-electron chi connectivity index (χ3n) is 4.94. The predicted octanol–water partition coefficient (Wildman–Crippen LogP) is 5.53. The van der Waals surface area contributed by atoms with E-state index in [1.54, 1.807) is 23.1 Å². The van der Waals surface area contributed by atoms with Crippen molar-refractivity contribution in [2.75, 3.05) is 5.75 Å². The molecule has 0 N–H and O–H groups in total.